The molecule has 0 fully saturated rings. The average Bonchev–Trinajstić information content (AvgIpc) is 2.46. The molecular weight excluding hydrogens is 286 g/mol. The van der Waals surface area contributed by atoms with Crippen molar-refractivity contribution in [1.29, 1.82) is 0 Å². The number of aromatic nitrogens is 1. The Kier molecular flexibility index (Phi) is 4.72. The molecule has 1 aromatic heterocycles. The molecule has 0 saturated carbocycles. The van der Waals surface area contributed by atoms with E-state index in [0.717, 1.165) is 17.7 Å². The van der Waals surface area contributed by atoms with Crippen molar-refractivity contribution < 1.29 is 8.42 Å². The summed E-state index contributed by atoms with van der Waals surface area (Å²) in [5.41, 5.74) is 2.17. The Labute approximate surface area is 125 Å². The number of hydrogen-bond acceptors (Lipinski definition) is 4. The van der Waals surface area contributed by atoms with Crippen LogP contribution >= 0.6 is 0 Å². The van der Waals surface area contributed by atoms with Crippen LogP contribution in [0.4, 0.5) is 0 Å². The Morgan fingerprint density at radius 2 is 1.90 bits per heavy atom. The zero-order valence-corrected chi connectivity index (χ0v) is 12.9. The third-order valence-corrected chi connectivity index (χ3v) is 4.44. The molecule has 0 spiro atoms. The molecule has 0 radical (unpaired) electrons. The van der Waals surface area contributed by atoms with Crippen molar-refractivity contribution in [3.8, 4) is 0 Å². The molecule has 5 nitrogen and oxygen atoms in total. The highest BCUT2D eigenvalue weighted by molar-refractivity contribution is 7.89. The van der Waals surface area contributed by atoms with Gasteiger partial charge in [-0.1, -0.05) is 18.2 Å². The molecule has 0 aliphatic heterocycles. The number of nitrogens with two attached hydrogens (primary N) is 1. The molecule has 1 aromatic carbocycles. The van der Waals surface area contributed by atoms with E-state index in [4.69, 9.17) is 5.14 Å². The van der Waals surface area contributed by atoms with Crippen molar-refractivity contribution >= 4 is 10.0 Å². The van der Waals surface area contributed by atoms with Crippen LogP contribution in [-0.2, 0) is 16.6 Å². The lowest BCUT2D eigenvalue weighted by atomic mass is 10.1. The smallest absolute Gasteiger partial charge is 0.238 e. The molecule has 0 aliphatic rings. The lowest BCUT2D eigenvalue weighted by Crippen LogP contribution is -2.22. The van der Waals surface area contributed by atoms with E-state index in [2.05, 4.69) is 16.8 Å². The number of nitrogens with zero attached hydrogens (tertiary/aromatic N) is 2. The number of hydrogen-bond donors (Lipinski definition) is 1. The van der Waals surface area contributed by atoms with Crippen LogP contribution in [0.2, 0.25) is 0 Å². The molecule has 6 heteroatoms. The van der Waals surface area contributed by atoms with Crippen LogP contribution in [0.5, 0.6) is 0 Å². The van der Waals surface area contributed by atoms with Gasteiger partial charge in [-0.15, -0.1) is 0 Å². The van der Waals surface area contributed by atoms with Gasteiger partial charge < -0.3 is 0 Å². The molecule has 0 amide bonds. The van der Waals surface area contributed by atoms with Crippen molar-refractivity contribution in [2.75, 3.05) is 7.05 Å². The maximum Gasteiger partial charge on any atom is 0.238 e. The van der Waals surface area contributed by atoms with E-state index in [1.165, 1.54) is 0 Å². The van der Waals surface area contributed by atoms with E-state index in [-0.39, 0.29) is 10.9 Å². The van der Waals surface area contributed by atoms with Gasteiger partial charge in [-0.2, -0.15) is 0 Å². The normalized spacial score (nSPS) is 13.3. The van der Waals surface area contributed by atoms with Gasteiger partial charge >= 0.3 is 0 Å². The molecular formula is C15H19N3O2S. The van der Waals surface area contributed by atoms with E-state index in [1.54, 1.807) is 30.5 Å². The summed E-state index contributed by atoms with van der Waals surface area (Å²) in [5, 5.41) is 5.10. The zero-order valence-electron chi connectivity index (χ0n) is 12.1. The second kappa shape index (κ2) is 6.34. The van der Waals surface area contributed by atoms with Gasteiger partial charge in [-0.05, 0) is 43.3 Å². The summed E-state index contributed by atoms with van der Waals surface area (Å²) in [4.78, 5) is 6.40. The Morgan fingerprint density at radius 1 is 1.24 bits per heavy atom. The van der Waals surface area contributed by atoms with Crippen LogP contribution < -0.4 is 5.14 Å². The van der Waals surface area contributed by atoms with E-state index in [9.17, 15) is 8.42 Å². The Morgan fingerprint density at radius 3 is 2.43 bits per heavy atom. The third kappa shape index (κ3) is 4.10. The lowest BCUT2D eigenvalue weighted by Gasteiger charge is -2.25. The standard InChI is InChI=1S/C15H19N3O2S/c1-12(18(2)11-13-4-3-9-17-10-13)14-5-7-15(8-6-14)21(16,19)20/h3-10,12H,11H2,1-2H3,(H2,16,19,20). The molecule has 21 heavy (non-hydrogen) atoms. The highest BCUT2D eigenvalue weighted by Crippen LogP contribution is 2.21. The predicted molar refractivity (Wildman–Crippen MR) is 81.9 cm³/mol. The van der Waals surface area contributed by atoms with E-state index < -0.39 is 10.0 Å². The Bertz CT molecular complexity index is 685. The van der Waals surface area contributed by atoms with E-state index >= 15 is 0 Å². The monoisotopic (exact) mass is 305 g/mol. The van der Waals surface area contributed by atoms with Crippen LogP contribution in [0.3, 0.4) is 0 Å². The summed E-state index contributed by atoms with van der Waals surface area (Å²) >= 11 is 0. The average molecular weight is 305 g/mol. The highest BCUT2D eigenvalue weighted by Gasteiger charge is 2.14. The molecule has 0 saturated heterocycles. The van der Waals surface area contributed by atoms with E-state index in [0.29, 0.717) is 0 Å². The van der Waals surface area contributed by atoms with Gasteiger partial charge in [0.15, 0.2) is 0 Å². The lowest BCUT2D eigenvalue weighted by molar-refractivity contribution is 0.253. The van der Waals surface area contributed by atoms with Crippen LogP contribution in [0, 0.1) is 0 Å². The maximum absolute atomic E-state index is 11.2. The molecule has 0 bridgehead atoms. The first-order chi connectivity index (χ1) is 9.88. The Hall–Kier alpha value is -1.76. The van der Waals surface area contributed by atoms with Crippen molar-refractivity contribution in [3.05, 3.63) is 59.9 Å². The van der Waals surface area contributed by atoms with Crippen molar-refractivity contribution in [2.45, 2.75) is 24.4 Å². The summed E-state index contributed by atoms with van der Waals surface area (Å²) in [6, 6.07) is 10.8. The van der Waals surface area contributed by atoms with Gasteiger partial charge in [0.1, 0.15) is 0 Å². The zero-order chi connectivity index (χ0) is 15.5. The predicted octanol–water partition coefficient (Wildman–Crippen LogP) is 1.92. The van der Waals surface area contributed by atoms with Crippen molar-refractivity contribution in [3.63, 3.8) is 0 Å². The molecule has 2 N–H and O–H groups in total. The minimum atomic E-state index is -3.64. The van der Waals surface area contributed by atoms with Crippen LogP contribution in [0.1, 0.15) is 24.1 Å². The minimum absolute atomic E-state index is 0.133. The maximum atomic E-state index is 11.2. The molecule has 2 aromatic rings. The van der Waals surface area contributed by atoms with Gasteiger partial charge in [0, 0.05) is 25.0 Å². The molecule has 1 unspecified atom stereocenters. The topological polar surface area (TPSA) is 76.3 Å². The van der Waals surface area contributed by atoms with Crippen molar-refractivity contribution in [1.82, 2.24) is 9.88 Å². The van der Waals surface area contributed by atoms with Crippen LogP contribution in [0.15, 0.2) is 53.7 Å². The highest BCUT2D eigenvalue weighted by atomic mass is 32.2. The second-order valence-electron chi connectivity index (χ2n) is 5.07. The third-order valence-electron chi connectivity index (χ3n) is 3.51. The molecule has 1 heterocycles. The fourth-order valence-corrected chi connectivity index (χ4v) is 2.62. The van der Waals surface area contributed by atoms with Crippen LogP contribution in [0.25, 0.3) is 0 Å². The number of primary sulfonamides is 1. The fraction of sp³-hybridized carbons (Fsp3) is 0.267. The first kappa shape index (κ1) is 15.6. The first-order valence-corrected chi connectivity index (χ1v) is 8.14. The molecule has 0 aliphatic carbocycles. The molecule has 1 atom stereocenters. The van der Waals surface area contributed by atoms with Crippen LogP contribution in [-0.4, -0.2) is 25.3 Å². The quantitative estimate of drug-likeness (QED) is 0.915. The first-order valence-electron chi connectivity index (χ1n) is 6.60. The fourth-order valence-electron chi connectivity index (χ4n) is 2.11. The molecule has 2 rings (SSSR count). The SMILES string of the molecule is CC(c1ccc(S(N)(=O)=O)cc1)N(C)Cc1cccnc1. The summed E-state index contributed by atoms with van der Waals surface area (Å²) < 4.78 is 22.5. The van der Waals surface area contributed by atoms with Gasteiger partial charge in [0.25, 0.3) is 0 Å². The van der Waals surface area contributed by atoms with E-state index in [1.807, 2.05) is 25.4 Å². The number of benzene rings is 1. The summed E-state index contributed by atoms with van der Waals surface area (Å²) in [6.07, 6.45) is 3.59. The summed E-state index contributed by atoms with van der Waals surface area (Å²) in [7, 11) is -1.62. The summed E-state index contributed by atoms with van der Waals surface area (Å²) in [5.74, 6) is 0. The van der Waals surface area contributed by atoms with Gasteiger partial charge in [0.2, 0.25) is 10.0 Å². The number of rotatable bonds is 5. The number of sulfonamides is 1. The van der Waals surface area contributed by atoms with Crippen molar-refractivity contribution in [2.24, 2.45) is 5.14 Å². The minimum Gasteiger partial charge on any atom is -0.295 e. The largest absolute Gasteiger partial charge is 0.295 e. The van der Waals surface area contributed by atoms with Gasteiger partial charge in [-0.25, -0.2) is 13.6 Å². The number of pyridine rings is 1. The Balaban J connectivity index is 2.10. The second-order valence-corrected chi connectivity index (χ2v) is 6.63. The summed E-state index contributed by atoms with van der Waals surface area (Å²) in [6.45, 7) is 2.84. The van der Waals surface area contributed by atoms with Gasteiger partial charge in [0.05, 0.1) is 4.90 Å². The molecule has 112 valence electrons. The van der Waals surface area contributed by atoms with Gasteiger partial charge in [-0.3, -0.25) is 9.88 Å².